The number of carbonyl (C=O) groups is 1. The highest BCUT2D eigenvalue weighted by Gasteiger charge is 2.42. The summed E-state index contributed by atoms with van der Waals surface area (Å²) in [5, 5.41) is 6.02. The van der Waals surface area contributed by atoms with Gasteiger partial charge in [0.05, 0.1) is 12.8 Å². The summed E-state index contributed by atoms with van der Waals surface area (Å²) >= 11 is 0. The number of methoxy groups -OCH3 is 1. The molecule has 0 heterocycles. The Labute approximate surface area is 113 Å². The lowest BCUT2D eigenvalue weighted by atomic mass is 10.1. The molecule has 2 aliphatic rings. The molecule has 2 saturated carbocycles. The van der Waals surface area contributed by atoms with Gasteiger partial charge < -0.3 is 15.4 Å². The maximum atomic E-state index is 12.1. The van der Waals surface area contributed by atoms with Crippen molar-refractivity contribution in [2.75, 3.05) is 12.4 Å². The predicted octanol–water partition coefficient (Wildman–Crippen LogP) is 3.01. The van der Waals surface area contributed by atoms with Gasteiger partial charge in [0.1, 0.15) is 5.75 Å². The van der Waals surface area contributed by atoms with Crippen LogP contribution in [0.25, 0.3) is 0 Å². The quantitative estimate of drug-likeness (QED) is 0.855. The van der Waals surface area contributed by atoms with Crippen LogP contribution in [0.1, 0.15) is 25.7 Å². The Kier molecular flexibility index (Phi) is 3.32. The Bertz CT molecular complexity index is 455. The second-order valence-electron chi connectivity index (χ2n) is 5.50. The zero-order chi connectivity index (χ0) is 13.2. The summed E-state index contributed by atoms with van der Waals surface area (Å²) in [5.41, 5.74) is 0.716. The summed E-state index contributed by atoms with van der Waals surface area (Å²) in [6.45, 7) is 0. The van der Waals surface area contributed by atoms with Crippen LogP contribution >= 0.6 is 0 Å². The van der Waals surface area contributed by atoms with Crippen LogP contribution in [0, 0.1) is 11.8 Å². The zero-order valence-corrected chi connectivity index (χ0v) is 11.2. The largest absolute Gasteiger partial charge is 0.495 e. The van der Waals surface area contributed by atoms with Crippen molar-refractivity contribution in [3.63, 3.8) is 0 Å². The molecule has 0 spiro atoms. The van der Waals surface area contributed by atoms with Crippen LogP contribution in [0.5, 0.6) is 5.75 Å². The van der Waals surface area contributed by atoms with Gasteiger partial charge in [0.25, 0.3) is 0 Å². The summed E-state index contributed by atoms with van der Waals surface area (Å²) in [7, 11) is 1.61. The molecule has 0 radical (unpaired) electrons. The van der Waals surface area contributed by atoms with Gasteiger partial charge >= 0.3 is 6.03 Å². The van der Waals surface area contributed by atoms with E-state index in [0.29, 0.717) is 29.3 Å². The molecule has 0 bridgehead atoms. The van der Waals surface area contributed by atoms with E-state index >= 15 is 0 Å². The van der Waals surface area contributed by atoms with Crippen LogP contribution in [0.2, 0.25) is 0 Å². The minimum atomic E-state index is -0.117. The van der Waals surface area contributed by atoms with E-state index in [9.17, 15) is 4.79 Å². The fourth-order valence-electron chi connectivity index (χ4n) is 2.59. The Hall–Kier alpha value is -1.71. The van der Waals surface area contributed by atoms with E-state index in [0.717, 1.165) is 0 Å². The summed E-state index contributed by atoms with van der Waals surface area (Å²) in [6, 6.07) is 7.72. The highest BCUT2D eigenvalue weighted by atomic mass is 16.5. The molecule has 0 saturated heterocycles. The SMILES string of the molecule is COc1ccccc1NC(=O)NC(C1CC1)C1CC1. The van der Waals surface area contributed by atoms with E-state index in [1.54, 1.807) is 7.11 Å². The number of benzene rings is 1. The van der Waals surface area contributed by atoms with Crippen molar-refractivity contribution < 1.29 is 9.53 Å². The van der Waals surface area contributed by atoms with Gasteiger partial charge in [-0.25, -0.2) is 4.79 Å². The van der Waals surface area contributed by atoms with Crippen LogP contribution < -0.4 is 15.4 Å². The average molecular weight is 260 g/mol. The zero-order valence-electron chi connectivity index (χ0n) is 11.2. The van der Waals surface area contributed by atoms with E-state index in [2.05, 4.69) is 10.6 Å². The number of hydrogen-bond donors (Lipinski definition) is 2. The second-order valence-corrected chi connectivity index (χ2v) is 5.50. The number of carbonyl (C=O) groups excluding carboxylic acids is 1. The van der Waals surface area contributed by atoms with Crippen molar-refractivity contribution in [1.82, 2.24) is 5.32 Å². The lowest BCUT2D eigenvalue weighted by molar-refractivity contribution is 0.244. The molecule has 2 amide bonds. The number of rotatable bonds is 5. The molecule has 0 unspecified atom stereocenters. The van der Waals surface area contributed by atoms with E-state index in [-0.39, 0.29) is 6.03 Å². The van der Waals surface area contributed by atoms with Crippen LogP contribution in [-0.4, -0.2) is 19.2 Å². The van der Waals surface area contributed by atoms with Crippen molar-refractivity contribution in [1.29, 1.82) is 0 Å². The first-order valence-electron chi connectivity index (χ1n) is 6.98. The number of amides is 2. The summed E-state index contributed by atoms with van der Waals surface area (Å²) in [6.07, 6.45) is 5.04. The smallest absolute Gasteiger partial charge is 0.319 e. The highest BCUT2D eigenvalue weighted by Crippen LogP contribution is 2.44. The lowest BCUT2D eigenvalue weighted by Gasteiger charge is -2.18. The third-order valence-corrected chi connectivity index (χ3v) is 3.91. The van der Waals surface area contributed by atoms with Crippen molar-refractivity contribution in [3.05, 3.63) is 24.3 Å². The number of nitrogens with one attached hydrogen (secondary N) is 2. The third kappa shape index (κ3) is 3.00. The highest BCUT2D eigenvalue weighted by molar-refractivity contribution is 5.91. The maximum Gasteiger partial charge on any atom is 0.319 e. The summed E-state index contributed by atoms with van der Waals surface area (Å²) in [4.78, 5) is 12.1. The predicted molar refractivity (Wildman–Crippen MR) is 74.4 cm³/mol. The van der Waals surface area contributed by atoms with Gasteiger partial charge in [0, 0.05) is 6.04 Å². The van der Waals surface area contributed by atoms with Gasteiger partial charge in [-0.15, -0.1) is 0 Å². The van der Waals surface area contributed by atoms with Crippen molar-refractivity contribution >= 4 is 11.7 Å². The molecule has 19 heavy (non-hydrogen) atoms. The van der Waals surface area contributed by atoms with Gasteiger partial charge in [0.15, 0.2) is 0 Å². The molecule has 2 aliphatic carbocycles. The van der Waals surface area contributed by atoms with E-state index in [1.165, 1.54) is 25.7 Å². The molecule has 4 heteroatoms. The molecule has 0 aliphatic heterocycles. The Balaban J connectivity index is 1.60. The molecule has 0 atom stereocenters. The molecule has 2 fully saturated rings. The van der Waals surface area contributed by atoms with Crippen LogP contribution in [0.3, 0.4) is 0 Å². The normalized spacial score (nSPS) is 18.2. The van der Waals surface area contributed by atoms with Gasteiger partial charge in [-0.05, 0) is 49.7 Å². The number of ether oxygens (including phenoxy) is 1. The first-order chi connectivity index (χ1) is 9.28. The Morgan fingerprint density at radius 2 is 1.84 bits per heavy atom. The minimum absolute atomic E-state index is 0.117. The van der Waals surface area contributed by atoms with Crippen molar-refractivity contribution in [2.24, 2.45) is 11.8 Å². The first-order valence-corrected chi connectivity index (χ1v) is 6.98. The fourth-order valence-corrected chi connectivity index (χ4v) is 2.59. The van der Waals surface area contributed by atoms with Gasteiger partial charge in [0.2, 0.25) is 0 Å². The monoisotopic (exact) mass is 260 g/mol. The lowest BCUT2D eigenvalue weighted by Crippen LogP contribution is -2.40. The van der Waals surface area contributed by atoms with E-state index in [4.69, 9.17) is 4.74 Å². The van der Waals surface area contributed by atoms with Gasteiger partial charge in [-0.1, -0.05) is 12.1 Å². The molecule has 4 nitrogen and oxygen atoms in total. The molecule has 1 aromatic carbocycles. The molecule has 1 aromatic rings. The van der Waals surface area contributed by atoms with Crippen LogP contribution in [-0.2, 0) is 0 Å². The Morgan fingerprint density at radius 3 is 2.42 bits per heavy atom. The first kappa shape index (κ1) is 12.3. The summed E-state index contributed by atoms with van der Waals surface area (Å²) < 4.78 is 5.23. The minimum Gasteiger partial charge on any atom is -0.495 e. The van der Waals surface area contributed by atoms with Gasteiger partial charge in [-0.3, -0.25) is 0 Å². The number of hydrogen-bond acceptors (Lipinski definition) is 2. The molecule has 0 aromatic heterocycles. The molecule has 3 rings (SSSR count). The van der Waals surface area contributed by atoms with E-state index < -0.39 is 0 Å². The molecular weight excluding hydrogens is 240 g/mol. The third-order valence-electron chi connectivity index (χ3n) is 3.91. The van der Waals surface area contributed by atoms with Crippen LogP contribution in [0.15, 0.2) is 24.3 Å². The number of para-hydroxylation sites is 2. The van der Waals surface area contributed by atoms with Gasteiger partial charge in [-0.2, -0.15) is 0 Å². The maximum absolute atomic E-state index is 12.1. The van der Waals surface area contributed by atoms with E-state index in [1.807, 2.05) is 24.3 Å². The van der Waals surface area contributed by atoms with Crippen LogP contribution in [0.4, 0.5) is 10.5 Å². The van der Waals surface area contributed by atoms with Crippen molar-refractivity contribution in [3.8, 4) is 5.75 Å². The topological polar surface area (TPSA) is 50.4 Å². The molecule has 102 valence electrons. The molecular formula is C15H20N2O2. The fraction of sp³-hybridized carbons (Fsp3) is 0.533. The average Bonchev–Trinajstić information content (AvgIpc) is 3.30. The Morgan fingerprint density at radius 1 is 1.21 bits per heavy atom. The molecule has 2 N–H and O–H groups in total. The number of anilines is 1. The second kappa shape index (κ2) is 5.11. The summed E-state index contributed by atoms with van der Waals surface area (Å²) in [5.74, 6) is 2.10. The number of urea groups is 1. The standard InChI is InChI=1S/C15H20N2O2/c1-19-13-5-3-2-4-12(13)16-15(18)17-14(10-6-7-10)11-8-9-11/h2-5,10-11,14H,6-9H2,1H3,(H2,16,17,18). The van der Waals surface area contributed by atoms with Crippen molar-refractivity contribution in [2.45, 2.75) is 31.7 Å².